The van der Waals surface area contributed by atoms with Crippen molar-refractivity contribution in [1.29, 1.82) is 0 Å². The molecule has 0 bridgehead atoms. The van der Waals surface area contributed by atoms with Crippen LogP contribution in [-0.4, -0.2) is 41.1 Å². The van der Waals surface area contributed by atoms with Gasteiger partial charge in [0.05, 0.1) is 17.7 Å². The molecule has 0 aliphatic carbocycles. The maximum atomic E-state index is 12.8. The summed E-state index contributed by atoms with van der Waals surface area (Å²) >= 11 is 0. The molecule has 1 fully saturated rings. The molecular weight excluding hydrogens is 300 g/mol. The largest absolute Gasteiger partial charge is 0.370 e. The van der Waals surface area contributed by atoms with Crippen LogP contribution in [0.5, 0.6) is 0 Å². The summed E-state index contributed by atoms with van der Waals surface area (Å²) in [5.74, 6) is 0.104. The highest BCUT2D eigenvalue weighted by Gasteiger charge is 2.36. The molecule has 4 rings (SSSR count). The van der Waals surface area contributed by atoms with Gasteiger partial charge >= 0.3 is 0 Å². The van der Waals surface area contributed by atoms with Crippen molar-refractivity contribution in [1.82, 2.24) is 9.88 Å². The van der Waals surface area contributed by atoms with Gasteiger partial charge in [-0.1, -0.05) is 17.7 Å². The van der Waals surface area contributed by atoms with Crippen molar-refractivity contribution in [2.75, 3.05) is 19.7 Å². The number of piperidine rings is 1. The van der Waals surface area contributed by atoms with Crippen LogP contribution in [0, 0.1) is 0 Å². The van der Waals surface area contributed by atoms with Crippen molar-refractivity contribution in [2.45, 2.75) is 31.8 Å². The number of aromatic nitrogens is 1. The van der Waals surface area contributed by atoms with Gasteiger partial charge in [0.2, 0.25) is 0 Å². The molecule has 1 amide bonds. The number of nitrogens with zero attached hydrogens (tertiary/aromatic N) is 2. The number of rotatable bonds is 1. The number of pyridine rings is 1. The molecule has 4 nitrogen and oxygen atoms in total. The molecule has 0 N–H and O–H groups in total. The maximum absolute atomic E-state index is 12.8. The molecule has 2 aliphatic heterocycles. The van der Waals surface area contributed by atoms with Gasteiger partial charge in [0.1, 0.15) is 0 Å². The molecule has 0 saturated carbocycles. The Hall–Kier alpha value is -2.20. The van der Waals surface area contributed by atoms with Gasteiger partial charge in [-0.15, -0.1) is 0 Å². The number of hydrogen-bond acceptors (Lipinski definition) is 3. The van der Waals surface area contributed by atoms with Gasteiger partial charge < -0.3 is 9.64 Å². The molecule has 1 spiro atoms. The van der Waals surface area contributed by atoms with E-state index in [1.54, 1.807) is 6.20 Å². The van der Waals surface area contributed by atoms with Crippen LogP contribution in [0.25, 0.3) is 10.9 Å². The van der Waals surface area contributed by atoms with E-state index in [2.05, 4.69) is 18.0 Å². The Bertz CT molecular complexity index is 804. The molecule has 0 atom stereocenters. The Kier molecular flexibility index (Phi) is 3.85. The Morgan fingerprint density at radius 2 is 2.08 bits per heavy atom. The molecule has 0 radical (unpaired) electrons. The minimum absolute atomic E-state index is 0.104. The summed E-state index contributed by atoms with van der Waals surface area (Å²) in [5, 5.41) is 1.01. The van der Waals surface area contributed by atoms with E-state index in [9.17, 15) is 4.79 Å². The number of amides is 1. The molecular formula is C20H22N2O2. The summed E-state index contributed by atoms with van der Waals surface area (Å²) in [6.07, 6.45) is 6.83. The SMILES string of the molecule is CC1=CC2(CCN(C(=O)c3ccc4ncccc4c3)CC2)OCC1. The van der Waals surface area contributed by atoms with Crippen molar-refractivity contribution in [3.05, 3.63) is 53.7 Å². The number of carbonyl (C=O) groups excluding carboxylic acids is 1. The number of fused-ring (bicyclic) bond motifs is 1. The van der Waals surface area contributed by atoms with Crippen LogP contribution in [0.1, 0.15) is 36.5 Å². The fraction of sp³-hybridized carbons (Fsp3) is 0.400. The number of benzene rings is 1. The lowest BCUT2D eigenvalue weighted by molar-refractivity contribution is -0.0522. The van der Waals surface area contributed by atoms with E-state index in [1.807, 2.05) is 35.2 Å². The first-order valence-electron chi connectivity index (χ1n) is 8.62. The second-order valence-corrected chi connectivity index (χ2v) is 6.86. The molecule has 1 aromatic carbocycles. The molecule has 2 aromatic rings. The molecule has 1 aromatic heterocycles. The summed E-state index contributed by atoms with van der Waals surface area (Å²) in [5.41, 5.74) is 2.92. The van der Waals surface area contributed by atoms with Gasteiger partial charge in [0.25, 0.3) is 5.91 Å². The van der Waals surface area contributed by atoms with E-state index in [-0.39, 0.29) is 11.5 Å². The average molecular weight is 322 g/mol. The molecule has 1 saturated heterocycles. The molecule has 0 unspecified atom stereocenters. The van der Waals surface area contributed by atoms with Gasteiger partial charge in [0.15, 0.2) is 0 Å². The number of carbonyl (C=O) groups is 1. The van der Waals surface area contributed by atoms with Gasteiger partial charge in [-0.2, -0.15) is 0 Å². The standard InChI is InChI=1S/C20H22N2O2/c1-15-6-12-24-20(14-15)7-10-22(11-8-20)19(23)17-4-5-18-16(13-17)3-2-9-21-18/h2-5,9,13-14H,6-8,10-12H2,1H3. The normalized spacial score (nSPS) is 20.2. The highest BCUT2D eigenvalue weighted by Crippen LogP contribution is 2.33. The van der Waals surface area contributed by atoms with E-state index in [0.29, 0.717) is 0 Å². The first-order valence-corrected chi connectivity index (χ1v) is 8.62. The van der Waals surface area contributed by atoms with Crippen molar-refractivity contribution in [2.24, 2.45) is 0 Å². The van der Waals surface area contributed by atoms with Gasteiger partial charge in [0, 0.05) is 30.2 Å². The van der Waals surface area contributed by atoms with Crippen LogP contribution in [0.3, 0.4) is 0 Å². The molecule has 3 heterocycles. The summed E-state index contributed by atoms with van der Waals surface area (Å²) in [7, 11) is 0. The summed E-state index contributed by atoms with van der Waals surface area (Å²) in [6, 6.07) is 9.63. The zero-order valence-corrected chi connectivity index (χ0v) is 14.0. The molecule has 124 valence electrons. The zero-order valence-electron chi connectivity index (χ0n) is 14.0. The summed E-state index contributed by atoms with van der Waals surface area (Å²) in [6.45, 7) is 4.46. The minimum atomic E-state index is -0.146. The molecule has 4 heteroatoms. The third kappa shape index (κ3) is 2.82. The van der Waals surface area contributed by atoms with E-state index < -0.39 is 0 Å². The Balaban J connectivity index is 1.50. The number of hydrogen-bond donors (Lipinski definition) is 0. The Morgan fingerprint density at radius 1 is 1.25 bits per heavy atom. The number of likely N-dealkylation sites (tertiary alicyclic amines) is 1. The highest BCUT2D eigenvalue weighted by atomic mass is 16.5. The topological polar surface area (TPSA) is 42.4 Å². The van der Waals surface area contributed by atoms with Crippen LogP contribution < -0.4 is 0 Å². The third-order valence-corrected chi connectivity index (χ3v) is 5.14. The Morgan fingerprint density at radius 3 is 2.88 bits per heavy atom. The summed E-state index contributed by atoms with van der Waals surface area (Å²) in [4.78, 5) is 19.1. The predicted octanol–water partition coefficient (Wildman–Crippen LogP) is 3.58. The second kappa shape index (κ2) is 6.02. The lowest BCUT2D eigenvalue weighted by Crippen LogP contribution is -2.48. The van der Waals surface area contributed by atoms with Crippen LogP contribution in [0.15, 0.2) is 48.2 Å². The fourth-order valence-electron chi connectivity index (χ4n) is 3.75. The first-order chi connectivity index (χ1) is 11.7. The highest BCUT2D eigenvalue weighted by molar-refractivity contribution is 5.98. The van der Waals surface area contributed by atoms with Gasteiger partial charge in [-0.3, -0.25) is 9.78 Å². The molecule has 2 aliphatic rings. The third-order valence-electron chi connectivity index (χ3n) is 5.14. The fourth-order valence-corrected chi connectivity index (χ4v) is 3.75. The maximum Gasteiger partial charge on any atom is 0.253 e. The van der Waals surface area contributed by atoms with Crippen LogP contribution >= 0.6 is 0 Å². The van der Waals surface area contributed by atoms with Gasteiger partial charge in [-0.05, 0) is 50.5 Å². The van der Waals surface area contributed by atoms with Crippen LogP contribution in [-0.2, 0) is 4.74 Å². The summed E-state index contributed by atoms with van der Waals surface area (Å²) < 4.78 is 6.05. The van der Waals surface area contributed by atoms with Crippen molar-refractivity contribution < 1.29 is 9.53 Å². The molecule has 24 heavy (non-hydrogen) atoms. The first kappa shape index (κ1) is 15.3. The monoisotopic (exact) mass is 322 g/mol. The lowest BCUT2D eigenvalue weighted by atomic mass is 9.87. The lowest BCUT2D eigenvalue weighted by Gasteiger charge is -2.42. The second-order valence-electron chi connectivity index (χ2n) is 6.86. The Labute approximate surface area is 142 Å². The minimum Gasteiger partial charge on any atom is -0.370 e. The predicted molar refractivity (Wildman–Crippen MR) is 93.9 cm³/mol. The van der Waals surface area contributed by atoms with E-state index in [1.165, 1.54) is 5.57 Å². The zero-order chi connectivity index (χ0) is 16.6. The van der Waals surface area contributed by atoms with E-state index in [0.717, 1.165) is 55.4 Å². The van der Waals surface area contributed by atoms with Gasteiger partial charge in [-0.25, -0.2) is 0 Å². The number of ether oxygens (including phenoxy) is 1. The van der Waals surface area contributed by atoms with E-state index in [4.69, 9.17) is 4.74 Å². The van der Waals surface area contributed by atoms with Crippen molar-refractivity contribution in [3.63, 3.8) is 0 Å². The quantitative estimate of drug-likeness (QED) is 0.754. The average Bonchev–Trinajstić information content (AvgIpc) is 2.61. The smallest absolute Gasteiger partial charge is 0.253 e. The van der Waals surface area contributed by atoms with Crippen LogP contribution in [0.2, 0.25) is 0 Å². The van der Waals surface area contributed by atoms with Crippen molar-refractivity contribution in [3.8, 4) is 0 Å². The van der Waals surface area contributed by atoms with Crippen molar-refractivity contribution >= 4 is 16.8 Å². The van der Waals surface area contributed by atoms with Crippen LogP contribution in [0.4, 0.5) is 0 Å². The van der Waals surface area contributed by atoms with E-state index >= 15 is 0 Å².